The summed E-state index contributed by atoms with van der Waals surface area (Å²) in [6.45, 7) is 2.89. The Morgan fingerprint density at radius 1 is 1.06 bits per heavy atom. The predicted molar refractivity (Wildman–Crippen MR) is 69.3 cm³/mol. The van der Waals surface area contributed by atoms with Crippen LogP contribution in [-0.4, -0.2) is 13.7 Å². The van der Waals surface area contributed by atoms with Crippen LogP contribution in [0.4, 0.5) is 5.69 Å². The van der Waals surface area contributed by atoms with Gasteiger partial charge in [-0.25, -0.2) is 0 Å². The van der Waals surface area contributed by atoms with Gasteiger partial charge in [-0.2, -0.15) is 0 Å². The first kappa shape index (κ1) is 10.8. The summed E-state index contributed by atoms with van der Waals surface area (Å²) in [7, 11) is 1.93. The van der Waals surface area contributed by atoms with E-state index >= 15 is 0 Å². The van der Waals surface area contributed by atoms with Gasteiger partial charge < -0.3 is 10.1 Å². The van der Waals surface area contributed by atoms with Gasteiger partial charge in [0.05, 0.1) is 6.61 Å². The lowest BCUT2D eigenvalue weighted by Crippen LogP contribution is -1.94. The van der Waals surface area contributed by atoms with Crippen molar-refractivity contribution in [2.24, 2.45) is 0 Å². The first-order chi connectivity index (χ1) is 7.83. The number of fused-ring (bicyclic) bond motifs is 1. The highest BCUT2D eigenvalue weighted by molar-refractivity contribution is 5.86. The lowest BCUT2D eigenvalue weighted by molar-refractivity contribution is 0.318. The second kappa shape index (κ2) is 4.88. The highest BCUT2D eigenvalue weighted by atomic mass is 16.5. The highest BCUT2D eigenvalue weighted by Crippen LogP contribution is 2.23. The fraction of sp³-hybridized carbons (Fsp3) is 0.286. The van der Waals surface area contributed by atoms with Crippen LogP contribution in [0.15, 0.2) is 36.4 Å². The molecule has 2 aromatic carbocycles. The molecule has 0 atom stereocenters. The van der Waals surface area contributed by atoms with E-state index in [4.69, 9.17) is 4.74 Å². The molecule has 0 aliphatic carbocycles. The van der Waals surface area contributed by atoms with Crippen LogP contribution in [0.25, 0.3) is 10.8 Å². The molecule has 0 bridgehead atoms. The average molecular weight is 215 g/mol. The van der Waals surface area contributed by atoms with Crippen LogP contribution in [0.5, 0.6) is 5.75 Å². The molecule has 2 aromatic rings. The first-order valence-electron chi connectivity index (χ1n) is 5.68. The maximum Gasteiger partial charge on any atom is 0.119 e. The van der Waals surface area contributed by atoms with Gasteiger partial charge in [-0.15, -0.1) is 0 Å². The minimum atomic E-state index is 0.778. The van der Waals surface area contributed by atoms with Crippen molar-refractivity contribution in [1.82, 2.24) is 0 Å². The van der Waals surface area contributed by atoms with Gasteiger partial charge in [-0.05, 0) is 41.5 Å². The fourth-order valence-electron chi connectivity index (χ4n) is 1.69. The van der Waals surface area contributed by atoms with Crippen molar-refractivity contribution < 1.29 is 4.74 Å². The molecule has 0 aliphatic rings. The highest BCUT2D eigenvalue weighted by Gasteiger charge is 1.98. The van der Waals surface area contributed by atoms with Gasteiger partial charge in [-0.1, -0.05) is 19.1 Å². The molecular formula is C14H17NO. The van der Waals surface area contributed by atoms with Crippen LogP contribution >= 0.6 is 0 Å². The summed E-state index contributed by atoms with van der Waals surface area (Å²) in [5.41, 5.74) is 1.13. The summed E-state index contributed by atoms with van der Waals surface area (Å²) in [6, 6.07) is 12.5. The molecule has 0 heterocycles. The monoisotopic (exact) mass is 215 g/mol. The molecule has 0 aromatic heterocycles. The Kier molecular flexibility index (Phi) is 3.30. The second-order valence-corrected chi connectivity index (χ2v) is 3.82. The molecular weight excluding hydrogens is 198 g/mol. The SMILES string of the molecule is CCCOc1ccc2cc(NC)ccc2c1. The van der Waals surface area contributed by atoms with Crippen molar-refractivity contribution in [3.8, 4) is 5.75 Å². The van der Waals surface area contributed by atoms with Gasteiger partial charge in [0.25, 0.3) is 0 Å². The van der Waals surface area contributed by atoms with Crippen LogP contribution in [0.2, 0.25) is 0 Å². The number of hydrogen-bond acceptors (Lipinski definition) is 2. The van der Waals surface area contributed by atoms with E-state index in [1.54, 1.807) is 0 Å². The third-order valence-electron chi connectivity index (χ3n) is 2.57. The zero-order valence-electron chi connectivity index (χ0n) is 9.79. The minimum Gasteiger partial charge on any atom is -0.494 e. The Morgan fingerprint density at radius 3 is 2.56 bits per heavy atom. The molecule has 1 N–H and O–H groups in total. The predicted octanol–water partition coefficient (Wildman–Crippen LogP) is 3.67. The van der Waals surface area contributed by atoms with Gasteiger partial charge in [0.2, 0.25) is 0 Å². The van der Waals surface area contributed by atoms with Crippen molar-refractivity contribution in [1.29, 1.82) is 0 Å². The molecule has 2 rings (SSSR count). The number of nitrogens with one attached hydrogen (secondary N) is 1. The third-order valence-corrected chi connectivity index (χ3v) is 2.57. The summed E-state index contributed by atoms with van der Waals surface area (Å²) in [6.07, 6.45) is 1.04. The maximum absolute atomic E-state index is 5.60. The molecule has 0 unspecified atom stereocenters. The van der Waals surface area contributed by atoms with E-state index in [0.717, 1.165) is 24.5 Å². The molecule has 2 heteroatoms. The van der Waals surface area contributed by atoms with Gasteiger partial charge in [0.1, 0.15) is 5.75 Å². The zero-order valence-corrected chi connectivity index (χ0v) is 9.79. The summed E-state index contributed by atoms with van der Waals surface area (Å²) in [4.78, 5) is 0. The summed E-state index contributed by atoms with van der Waals surface area (Å²) in [5, 5.41) is 5.58. The smallest absolute Gasteiger partial charge is 0.119 e. The average Bonchev–Trinajstić information content (AvgIpc) is 2.35. The van der Waals surface area contributed by atoms with Crippen molar-refractivity contribution >= 4 is 16.5 Å². The summed E-state index contributed by atoms with van der Waals surface area (Å²) < 4.78 is 5.60. The molecule has 0 fully saturated rings. The first-order valence-corrected chi connectivity index (χ1v) is 5.68. The normalized spacial score (nSPS) is 10.4. The zero-order chi connectivity index (χ0) is 11.4. The second-order valence-electron chi connectivity index (χ2n) is 3.82. The number of hydrogen-bond donors (Lipinski definition) is 1. The number of anilines is 1. The third kappa shape index (κ3) is 2.27. The lowest BCUT2D eigenvalue weighted by atomic mass is 10.1. The van der Waals surface area contributed by atoms with Gasteiger partial charge in [0.15, 0.2) is 0 Å². The molecule has 0 aliphatic heterocycles. The van der Waals surface area contributed by atoms with Crippen molar-refractivity contribution in [2.75, 3.05) is 19.0 Å². The van der Waals surface area contributed by atoms with E-state index in [-0.39, 0.29) is 0 Å². The molecule has 0 spiro atoms. The quantitative estimate of drug-likeness (QED) is 0.840. The van der Waals surface area contributed by atoms with Crippen LogP contribution in [0, 0.1) is 0 Å². The maximum atomic E-state index is 5.60. The molecule has 0 saturated heterocycles. The molecule has 0 radical (unpaired) electrons. The molecule has 16 heavy (non-hydrogen) atoms. The molecule has 84 valence electrons. The van der Waals surface area contributed by atoms with E-state index in [2.05, 4.69) is 42.6 Å². The van der Waals surface area contributed by atoms with Crippen LogP contribution in [-0.2, 0) is 0 Å². The minimum absolute atomic E-state index is 0.778. The van der Waals surface area contributed by atoms with E-state index in [9.17, 15) is 0 Å². The van der Waals surface area contributed by atoms with Crippen molar-refractivity contribution in [2.45, 2.75) is 13.3 Å². The molecule has 0 saturated carbocycles. The fourth-order valence-corrected chi connectivity index (χ4v) is 1.69. The van der Waals surface area contributed by atoms with E-state index < -0.39 is 0 Å². The molecule has 2 nitrogen and oxygen atoms in total. The standard InChI is InChI=1S/C14H17NO/c1-3-8-16-14-7-5-11-9-13(15-2)6-4-12(11)10-14/h4-7,9-10,15H,3,8H2,1-2H3. The van der Waals surface area contributed by atoms with E-state index in [0.29, 0.717) is 0 Å². The van der Waals surface area contributed by atoms with Crippen LogP contribution < -0.4 is 10.1 Å². The van der Waals surface area contributed by atoms with Gasteiger partial charge in [-0.3, -0.25) is 0 Å². The Hall–Kier alpha value is -1.70. The van der Waals surface area contributed by atoms with Gasteiger partial charge >= 0.3 is 0 Å². The van der Waals surface area contributed by atoms with E-state index in [1.807, 2.05) is 13.1 Å². The van der Waals surface area contributed by atoms with Crippen LogP contribution in [0.1, 0.15) is 13.3 Å². The summed E-state index contributed by atoms with van der Waals surface area (Å²) >= 11 is 0. The summed E-state index contributed by atoms with van der Waals surface area (Å²) in [5.74, 6) is 0.951. The topological polar surface area (TPSA) is 21.3 Å². The van der Waals surface area contributed by atoms with Crippen LogP contribution in [0.3, 0.4) is 0 Å². The lowest BCUT2D eigenvalue weighted by Gasteiger charge is -2.07. The van der Waals surface area contributed by atoms with Crippen molar-refractivity contribution in [3.63, 3.8) is 0 Å². The van der Waals surface area contributed by atoms with Crippen molar-refractivity contribution in [3.05, 3.63) is 36.4 Å². The Balaban J connectivity index is 2.32. The largest absolute Gasteiger partial charge is 0.494 e. The van der Waals surface area contributed by atoms with E-state index in [1.165, 1.54) is 10.8 Å². The number of rotatable bonds is 4. The Bertz CT molecular complexity index is 479. The molecule has 0 amide bonds. The number of ether oxygens (including phenoxy) is 1. The van der Waals surface area contributed by atoms with Gasteiger partial charge in [0, 0.05) is 12.7 Å². The Morgan fingerprint density at radius 2 is 1.81 bits per heavy atom. The Labute approximate surface area is 96.2 Å². The number of benzene rings is 2.